The Balaban J connectivity index is 1.28. The number of ether oxygens (including phenoxy) is 2. The lowest BCUT2D eigenvalue weighted by molar-refractivity contribution is -0.121. The fourth-order valence-electron chi connectivity index (χ4n) is 3.69. The van der Waals surface area contributed by atoms with Crippen molar-refractivity contribution in [3.63, 3.8) is 0 Å². The smallest absolute Gasteiger partial charge is 0.163 e. The van der Waals surface area contributed by atoms with Crippen LogP contribution < -0.4 is 4.74 Å². The van der Waals surface area contributed by atoms with E-state index in [1.807, 2.05) is 54.7 Å². The van der Waals surface area contributed by atoms with Crippen LogP contribution in [0.15, 0.2) is 66.9 Å². The SMILES string of the molecule is O=C(C=Cc1ccc2cc[nH]c2c1)CC(=O)C=Cc1ccccc1OCCN1CCOCC1. The number of para-hydroxylation sites is 1. The summed E-state index contributed by atoms with van der Waals surface area (Å²) in [5.41, 5.74) is 2.73. The molecule has 0 unspecified atom stereocenters. The van der Waals surface area contributed by atoms with Gasteiger partial charge in [-0.3, -0.25) is 14.5 Å². The monoisotopic (exact) mass is 444 g/mol. The molecular weight excluding hydrogens is 416 g/mol. The Labute approximate surface area is 193 Å². The van der Waals surface area contributed by atoms with Gasteiger partial charge in [0, 0.05) is 36.9 Å². The number of carbonyl (C=O) groups excluding carboxylic acids is 2. The molecular formula is C27H28N2O4. The summed E-state index contributed by atoms with van der Waals surface area (Å²) in [5, 5.41) is 1.11. The molecule has 6 heteroatoms. The van der Waals surface area contributed by atoms with Gasteiger partial charge in [0.05, 0.1) is 19.6 Å². The number of hydrogen-bond acceptors (Lipinski definition) is 5. The van der Waals surface area contributed by atoms with E-state index < -0.39 is 0 Å². The van der Waals surface area contributed by atoms with Crippen LogP contribution in [0.25, 0.3) is 23.1 Å². The highest BCUT2D eigenvalue weighted by molar-refractivity contribution is 6.11. The number of nitrogens with zero attached hydrogens (tertiary/aromatic N) is 1. The van der Waals surface area contributed by atoms with Crippen molar-refractivity contribution in [1.29, 1.82) is 0 Å². The zero-order chi connectivity index (χ0) is 22.9. The first-order valence-electron chi connectivity index (χ1n) is 11.2. The molecule has 0 spiro atoms. The van der Waals surface area contributed by atoms with E-state index in [-0.39, 0.29) is 18.0 Å². The summed E-state index contributed by atoms with van der Waals surface area (Å²) in [4.78, 5) is 30.0. The van der Waals surface area contributed by atoms with Gasteiger partial charge in [0.25, 0.3) is 0 Å². The number of carbonyl (C=O) groups is 2. The maximum Gasteiger partial charge on any atom is 0.163 e. The second-order valence-electron chi connectivity index (χ2n) is 7.94. The third-order valence-electron chi connectivity index (χ3n) is 5.53. The normalized spacial score (nSPS) is 14.9. The number of benzene rings is 2. The van der Waals surface area contributed by atoms with Crippen LogP contribution in [-0.4, -0.2) is 60.9 Å². The van der Waals surface area contributed by atoms with Crippen molar-refractivity contribution in [1.82, 2.24) is 9.88 Å². The average molecular weight is 445 g/mol. The molecule has 33 heavy (non-hydrogen) atoms. The molecule has 1 aliphatic rings. The summed E-state index contributed by atoms with van der Waals surface area (Å²) in [6.07, 6.45) is 8.05. The van der Waals surface area contributed by atoms with Gasteiger partial charge >= 0.3 is 0 Å². The minimum absolute atomic E-state index is 0.169. The molecule has 1 N–H and O–H groups in total. The lowest BCUT2D eigenvalue weighted by Gasteiger charge is -2.26. The van der Waals surface area contributed by atoms with E-state index in [4.69, 9.17) is 9.47 Å². The van der Waals surface area contributed by atoms with Gasteiger partial charge in [-0.15, -0.1) is 0 Å². The molecule has 2 aromatic carbocycles. The van der Waals surface area contributed by atoms with Crippen molar-refractivity contribution >= 4 is 34.6 Å². The van der Waals surface area contributed by atoms with E-state index >= 15 is 0 Å². The number of fused-ring (bicyclic) bond motifs is 1. The molecule has 0 radical (unpaired) electrons. The van der Waals surface area contributed by atoms with Crippen LogP contribution >= 0.6 is 0 Å². The maximum absolute atomic E-state index is 12.3. The predicted octanol–water partition coefficient (Wildman–Crippen LogP) is 4.13. The Kier molecular flexibility index (Phi) is 7.85. The fraction of sp³-hybridized carbons (Fsp3) is 0.259. The van der Waals surface area contributed by atoms with Gasteiger partial charge in [0.15, 0.2) is 11.6 Å². The summed E-state index contributed by atoms with van der Waals surface area (Å²) in [5.74, 6) is 0.250. The summed E-state index contributed by atoms with van der Waals surface area (Å²) in [6.45, 7) is 4.76. The number of hydrogen-bond donors (Lipinski definition) is 1. The number of aromatic amines is 1. The molecule has 0 amide bonds. The zero-order valence-corrected chi connectivity index (χ0v) is 18.5. The van der Waals surface area contributed by atoms with Crippen LogP contribution in [0.1, 0.15) is 17.5 Å². The van der Waals surface area contributed by atoms with Gasteiger partial charge in [0.2, 0.25) is 0 Å². The number of allylic oxidation sites excluding steroid dienone is 2. The van der Waals surface area contributed by atoms with Crippen LogP contribution in [0, 0.1) is 0 Å². The van der Waals surface area contributed by atoms with Crippen LogP contribution in [0.5, 0.6) is 5.75 Å². The first-order valence-corrected chi connectivity index (χ1v) is 11.2. The van der Waals surface area contributed by atoms with Crippen molar-refractivity contribution < 1.29 is 19.1 Å². The van der Waals surface area contributed by atoms with Crippen LogP contribution in [0.2, 0.25) is 0 Å². The largest absolute Gasteiger partial charge is 0.492 e. The molecule has 1 aromatic heterocycles. The fourth-order valence-corrected chi connectivity index (χ4v) is 3.69. The van der Waals surface area contributed by atoms with Gasteiger partial charge in [-0.05, 0) is 47.4 Å². The lowest BCUT2D eigenvalue weighted by atomic mass is 10.1. The molecule has 2 heterocycles. The Morgan fingerprint density at radius 3 is 2.64 bits per heavy atom. The van der Waals surface area contributed by atoms with Gasteiger partial charge in [0.1, 0.15) is 12.4 Å². The Bertz CT molecular complexity index is 1160. The lowest BCUT2D eigenvalue weighted by Crippen LogP contribution is -2.38. The molecule has 4 rings (SSSR count). The highest BCUT2D eigenvalue weighted by Gasteiger charge is 2.10. The van der Waals surface area contributed by atoms with Crippen molar-refractivity contribution in [2.45, 2.75) is 6.42 Å². The van der Waals surface area contributed by atoms with Gasteiger partial charge in [-0.25, -0.2) is 0 Å². The number of nitrogens with one attached hydrogen (secondary N) is 1. The molecule has 0 saturated carbocycles. The highest BCUT2D eigenvalue weighted by Crippen LogP contribution is 2.20. The quantitative estimate of drug-likeness (QED) is 0.376. The number of ketones is 2. The Morgan fingerprint density at radius 1 is 1.00 bits per heavy atom. The summed E-state index contributed by atoms with van der Waals surface area (Å²) < 4.78 is 11.3. The van der Waals surface area contributed by atoms with Crippen molar-refractivity contribution in [3.8, 4) is 5.75 Å². The molecule has 170 valence electrons. The van der Waals surface area contributed by atoms with Gasteiger partial charge < -0.3 is 14.5 Å². The second kappa shape index (κ2) is 11.4. The van der Waals surface area contributed by atoms with E-state index in [2.05, 4.69) is 9.88 Å². The minimum Gasteiger partial charge on any atom is -0.492 e. The van der Waals surface area contributed by atoms with E-state index in [1.165, 1.54) is 12.2 Å². The van der Waals surface area contributed by atoms with Gasteiger partial charge in [-0.1, -0.05) is 36.4 Å². The second-order valence-corrected chi connectivity index (χ2v) is 7.94. The molecule has 0 bridgehead atoms. The molecule has 0 aliphatic carbocycles. The van der Waals surface area contributed by atoms with E-state index in [0.29, 0.717) is 6.61 Å². The van der Waals surface area contributed by atoms with E-state index in [1.54, 1.807) is 12.2 Å². The number of aromatic nitrogens is 1. The zero-order valence-electron chi connectivity index (χ0n) is 18.5. The van der Waals surface area contributed by atoms with Crippen LogP contribution in [0.4, 0.5) is 0 Å². The van der Waals surface area contributed by atoms with Gasteiger partial charge in [-0.2, -0.15) is 0 Å². The first kappa shape index (κ1) is 22.7. The standard InChI is InChI=1S/C27H28N2O4/c30-24(9-6-21-5-7-22-11-12-28-26(22)19-21)20-25(31)10-8-23-3-1-2-4-27(23)33-18-15-29-13-16-32-17-14-29/h1-12,19,28H,13-18,20H2. The maximum atomic E-state index is 12.3. The molecule has 1 fully saturated rings. The van der Waals surface area contributed by atoms with E-state index in [9.17, 15) is 9.59 Å². The average Bonchev–Trinajstić information content (AvgIpc) is 3.31. The van der Waals surface area contributed by atoms with Crippen LogP contribution in [-0.2, 0) is 14.3 Å². The summed E-state index contributed by atoms with van der Waals surface area (Å²) in [6, 6.07) is 15.5. The Morgan fingerprint density at radius 2 is 1.79 bits per heavy atom. The molecule has 3 aromatic rings. The third kappa shape index (κ3) is 6.75. The Hall–Kier alpha value is -3.48. The first-order chi connectivity index (χ1) is 16.2. The van der Waals surface area contributed by atoms with Crippen LogP contribution in [0.3, 0.4) is 0 Å². The number of morpholine rings is 1. The van der Waals surface area contributed by atoms with E-state index in [0.717, 1.165) is 60.6 Å². The highest BCUT2D eigenvalue weighted by atomic mass is 16.5. The number of H-pyrrole nitrogens is 1. The minimum atomic E-state index is -0.243. The third-order valence-corrected chi connectivity index (χ3v) is 5.53. The molecule has 0 atom stereocenters. The van der Waals surface area contributed by atoms with Crippen molar-refractivity contribution in [2.75, 3.05) is 39.5 Å². The molecule has 1 saturated heterocycles. The summed E-state index contributed by atoms with van der Waals surface area (Å²) in [7, 11) is 0. The molecule has 1 aliphatic heterocycles. The number of rotatable bonds is 10. The molecule has 6 nitrogen and oxygen atoms in total. The topological polar surface area (TPSA) is 71.6 Å². The predicted molar refractivity (Wildman–Crippen MR) is 130 cm³/mol. The van der Waals surface area contributed by atoms with Crippen molar-refractivity contribution in [2.24, 2.45) is 0 Å². The van der Waals surface area contributed by atoms with Crippen molar-refractivity contribution in [3.05, 3.63) is 78.0 Å². The summed E-state index contributed by atoms with van der Waals surface area (Å²) >= 11 is 0.